The van der Waals surface area contributed by atoms with Gasteiger partial charge in [-0.3, -0.25) is 4.79 Å². The first-order valence-corrected chi connectivity index (χ1v) is 11.3. The van der Waals surface area contributed by atoms with Crippen LogP contribution in [0.5, 0.6) is 0 Å². The number of carbonyl (C=O) groups is 1. The Morgan fingerprint density at radius 2 is 1.80 bits per heavy atom. The highest BCUT2D eigenvalue weighted by atomic mass is 32.2. The van der Waals surface area contributed by atoms with E-state index in [1.807, 2.05) is 44.2 Å². The van der Waals surface area contributed by atoms with E-state index in [2.05, 4.69) is 9.71 Å². The lowest BCUT2D eigenvalue weighted by Gasteiger charge is -2.29. The third-order valence-electron chi connectivity index (χ3n) is 5.59. The number of rotatable bonds is 5. The molecule has 0 fully saturated rings. The van der Waals surface area contributed by atoms with Gasteiger partial charge in [-0.05, 0) is 23.6 Å². The fraction of sp³-hybridized carbons (Fsp3) is 0.273. The van der Waals surface area contributed by atoms with Crippen molar-refractivity contribution in [1.82, 2.24) is 4.90 Å². The molecule has 2 aromatic rings. The van der Waals surface area contributed by atoms with Crippen LogP contribution in [-0.2, 0) is 21.4 Å². The zero-order valence-corrected chi connectivity index (χ0v) is 17.6. The van der Waals surface area contributed by atoms with Gasteiger partial charge >= 0.3 is 0 Å². The van der Waals surface area contributed by atoms with Crippen molar-refractivity contribution in [2.45, 2.75) is 37.8 Å². The van der Waals surface area contributed by atoms with Crippen LogP contribution in [0.4, 0.5) is 5.69 Å². The number of hydrogen-bond donors (Lipinski definition) is 2. The van der Waals surface area contributed by atoms with Crippen molar-refractivity contribution in [2.75, 3.05) is 5.32 Å². The molecule has 2 aliphatic rings. The number of para-hydroxylation sites is 1. The second kappa shape index (κ2) is 7.60. The van der Waals surface area contributed by atoms with Gasteiger partial charge in [-0.1, -0.05) is 62.7 Å². The maximum absolute atomic E-state index is 13.4. The molecule has 2 N–H and O–H groups in total. The molecular formula is C22H23N3O4S. The summed E-state index contributed by atoms with van der Waals surface area (Å²) in [4.78, 5) is 15.0. The monoisotopic (exact) mass is 425 g/mol. The highest BCUT2D eigenvalue weighted by molar-refractivity contribution is 7.90. The van der Waals surface area contributed by atoms with E-state index in [0.29, 0.717) is 12.2 Å². The second-order valence-electron chi connectivity index (χ2n) is 7.55. The number of hydrogen-bond acceptors (Lipinski definition) is 5. The molecule has 2 aliphatic heterocycles. The van der Waals surface area contributed by atoms with E-state index in [0.717, 1.165) is 12.0 Å². The van der Waals surface area contributed by atoms with Gasteiger partial charge in [-0.2, -0.15) is 8.42 Å². The van der Waals surface area contributed by atoms with Gasteiger partial charge in [0.05, 0.1) is 11.7 Å². The Kier molecular flexibility index (Phi) is 5.11. The molecule has 1 unspecified atom stereocenters. The number of anilines is 1. The van der Waals surface area contributed by atoms with Crippen molar-refractivity contribution in [3.63, 3.8) is 0 Å². The Morgan fingerprint density at radius 1 is 1.13 bits per heavy atom. The van der Waals surface area contributed by atoms with Crippen LogP contribution in [0.15, 0.2) is 75.2 Å². The molecule has 1 amide bonds. The molecule has 0 aromatic heterocycles. The van der Waals surface area contributed by atoms with E-state index in [4.69, 9.17) is 0 Å². The quantitative estimate of drug-likeness (QED) is 0.764. The zero-order valence-electron chi connectivity index (χ0n) is 16.7. The summed E-state index contributed by atoms with van der Waals surface area (Å²) in [5.74, 6) is -0.753. The topological polar surface area (TPSA) is 99.1 Å². The molecule has 8 heteroatoms. The highest BCUT2D eigenvalue weighted by Gasteiger charge is 2.45. The van der Waals surface area contributed by atoms with Gasteiger partial charge in [-0.15, -0.1) is 4.40 Å². The fourth-order valence-electron chi connectivity index (χ4n) is 3.87. The molecule has 4 rings (SSSR count). The standard InChI is InChI=1S/C22H23N3O4S/c1-3-14(2)19-20(26)18(22(27)25(19)13-15-9-5-4-6-10-15)21-23-16-11-7-8-12-17(16)30(28,29)24-21/h4-12,14,19,26H,3,13H2,1-2H3,(H,23,24)/t14?,19-/m0/s1. The fourth-order valence-corrected chi connectivity index (χ4v) is 4.99. The predicted octanol–water partition coefficient (Wildman–Crippen LogP) is 3.47. The Balaban J connectivity index is 1.77. The number of fused-ring (bicyclic) bond motifs is 1. The van der Waals surface area contributed by atoms with Crippen LogP contribution in [0.2, 0.25) is 0 Å². The molecule has 0 radical (unpaired) electrons. The molecule has 7 nitrogen and oxygen atoms in total. The van der Waals surface area contributed by atoms with Crippen LogP contribution in [0, 0.1) is 5.92 Å². The van der Waals surface area contributed by atoms with Crippen molar-refractivity contribution in [2.24, 2.45) is 10.3 Å². The summed E-state index contributed by atoms with van der Waals surface area (Å²) in [5.41, 5.74) is 1.16. The molecule has 30 heavy (non-hydrogen) atoms. The van der Waals surface area contributed by atoms with Gasteiger partial charge in [0.2, 0.25) is 0 Å². The molecule has 156 valence electrons. The van der Waals surface area contributed by atoms with E-state index in [1.54, 1.807) is 23.1 Å². The van der Waals surface area contributed by atoms with Crippen LogP contribution in [0.25, 0.3) is 0 Å². The Morgan fingerprint density at radius 3 is 2.50 bits per heavy atom. The molecule has 2 heterocycles. The third-order valence-corrected chi connectivity index (χ3v) is 6.93. The molecule has 0 spiro atoms. The number of nitrogens with zero attached hydrogens (tertiary/aromatic N) is 2. The molecule has 0 bridgehead atoms. The number of carbonyl (C=O) groups excluding carboxylic acids is 1. The summed E-state index contributed by atoms with van der Waals surface area (Å²) in [6.07, 6.45) is 0.738. The van der Waals surface area contributed by atoms with Crippen molar-refractivity contribution in [3.8, 4) is 0 Å². The average Bonchev–Trinajstić information content (AvgIpc) is 2.97. The van der Waals surface area contributed by atoms with Crippen molar-refractivity contribution < 1.29 is 18.3 Å². The number of nitrogens with one attached hydrogen (secondary N) is 1. The molecule has 0 saturated carbocycles. The van der Waals surface area contributed by atoms with Crippen LogP contribution < -0.4 is 5.32 Å². The summed E-state index contributed by atoms with van der Waals surface area (Å²) < 4.78 is 29.1. The number of sulfonamides is 1. The number of amidine groups is 1. The van der Waals surface area contributed by atoms with E-state index in [9.17, 15) is 18.3 Å². The minimum atomic E-state index is -3.99. The zero-order chi connectivity index (χ0) is 21.5. The number of aliphatic hydroxyl groups excluding tert-OH is 1. The van der Waals surface area contributed by atoms with E-state index < -0.39 is 22.0 Å². The molecule has 0 aliphatic carbocycles. The summed E-state index contributed by atoms with van der Waals surface area (Å²) in [6.45, 7) is 4.24. The van der Waals surface area contributed by atoms with Crippen molar-refractivity contribution in [1.29, 1.82) is 0 Å². The van der Waals surface area contributed by atoms with E-state index in [1.165, 1.54) is 6.07 Å². The predicted molar refractivity (Wildman–Crippen MR) is 115 cm³/mol. The van der Waals surface area contributed by atoms with Gasteiger partial charge < -0.3 is 15.3 Å². The third kappa shape index (κ3) is 3.37. The maximum atomic E-state index is 13.4. The first kappa shape index (κ1) is 20.2. The normalized spacial score (nSPS) is 21.1. The van der Waals surface area contributed by atoms with Crippen LogP contribution in [0.1, 0.15) is 25.8 Å². The molecule has 2 aromatic carbocycles. The van der Waals surface area contributed by atoms with Gasteiger partial charge in [0.1, 0.15) is 16.2 Å². The van der Waals surface area contributed by atoms with Gasteiger partial charge in [-0.25, -0.2) is 0 Å². The maximum Gasteiger partial charge on any atom is 0.286 e. The minimum absolute atomic E-state index is 0.0248. The molecule has 2 atom stereocenters. The number of aliphatic hydroxyl groups is 1. The summed E-state index contributed by atoms with van der Waals surface area (Å²) >= 11 is 0. The molecule has 0 saturated heterocycles. The Hall–Kier alpha value is -3.13. The summed E-state index contributed by atoms with van der Waals surface area (Å²) in [7, 11) is -3.99. The first-order chi connectivity index (χ1) is 14.3. The average molecular weight is 426 g/mol. The highest BCUT2D eigenvalue weighted by Crippen LogP contribution is 2.35. The minimum Gasteiger partial charge on any atom is -0.509 e. The van der Waals surface area contributed by atoms with E-state index >= 15 is 0 Å². The van der Waals surface area contributed by atoms with Crippen LogP contribution >= 0.6 is 0 Å². The second-order valence-corrected chi connectivity index (χ2v) is 9.12. The largest absolute Gasteiger partial charge is 0.509 e. The lowest BCUT2D eigenvalue weighted by atomic mass is 9.96. The van der Waals surface area contributed by atoms with Gasteiger partial charge in [0, 0.05) is 6.54 Å². The van der Waals surface area contributed by atoms with Crippen molar-refractivity contribution >= 4 is 27.5 Å². The lowest BCUT2D eigenvalue weighted by Crippen LogP contribution is -2.39. The van der Waals surface area contributed by atoms with Crippen LogP contribution in [-0.4, -0.2) is 36.2 Å². The van der Waals surface area contributed by atoms with Gasteiger partial charge in [0.25, 0.3) is 15.9 Å². The Bertz CT molecular complexity index is 1160. The number of amides is 1. The number of benzene rings is 2. The summed E-state index contributed by atoms with van der Waals surface area (Å²) in [5, 5.41) is 14.0. The lowest BCUT2D eigenvalue weighted by molar-refractivity contribution is -0.128. The van der Waals surface area contributed by atoms with Crippen LogP contribution in [0.3, 0.4) is 0 Å². The Labute approximate surface area is 175 Å². The smallest absolute Gasteiger partial charge is 0.286 e. The van der Waals surface area contributed by atoms with Crippen molar-refractivity contribution in [3.05, 3.63) is 71.5 Å². The van der Waals surface area contributed by atoms with E-state index in [-0.39, 0.29) is 28.0 Å². The molecular weight excluding hydrogens is 402 g/mol. The van der Waals surface area contributed by atoms with Gasteiger partial charge in [0.15, 0.2) is 5.84 Å². The first-order valence-electron chi connectivity index (χ1n) is 9.83. The SMILES string of the molecule is CCC(C)[C@H]1C(O)=C(C2=NS(=O)(=O)c3ccccc3N2)C(=O)N1Cc1ccccc1. The summed E-state index contributed by atoms with van der Waals surface area (Å²) in [6, 6.07) is 15.3.